The van der Waals surface area contributed by atoms with Crippen LogP contribution in [0.5, 0.6) is 5.75 Å². The smallest absolute Gasteiger partial charge is 0.311 e. The first-order valence-corrected chi connectivity index (χ1v) is 6.70. The average Bonchev–Trinajstić information content (AvgIpc) is 2.37. The van der Waals surface area contributed by atoms with Crippen molar-refractivity contribution in [2.45, 2.75) is 13.8 Å². The molecule has 0 aliphatic carbocycles. The lowest BCUT2D eigenvalue weighted by molar-refractivity contribution is -0.684. The van der Waals surface area contributed by atoms with Gasteiger partial charge in [-0.05, 0) is 32.1 Å². The third-order valence-corrected chi connectivity index (χ3v) is 1.50. The minimum atomic E-state index is -4.64. The van der Waals surface area contributed by atoms with Gasteiger partial charge >= 0.3 is 7.82 Å². The van der Waals surface area contributed by atoms with Gasteiger partial charge in [-0.2, -0.15) is 0 Å². The molecule has 0 spiro atoms. The standard InChI is InChI=1S/C10H12O5.H3O4P/c1-3-9(2)11-13-15-14-12-10-7-5-4-6-8-10;1-5(2,3)4/h3-8H,1-2H3;(H3,1,2,3,4). The summed E-state index contributed by atoms with van der Waals surface area (Å²) in [7, 11) is -4.64. The number of benzene rings is 1. The highest BCUT2D eigenvalue weighted by Gasteiger charge is 2.00. The van der Waals surface area contributed by atoms with Crippen molar-refractivity contribution in [3.63, 3.8) is 0 Å². The predicted octanol–water partition coefficient (Wildman–Crippen LogP) is 1.79. The first-order valence-electron chi connectivity index (χ1n) is 5.13. The highest BCUT2D eigenvalue weighted by Crippen LogP contribution is 2.25. The Balaban J connectivity index is 0.000000621. The van der Waals surface area contributed by atoms with Gasteiger partial charge in [-0.25, -0.2) is 4.57 Å². The van der Waals surface area contributed by atoms with E-state index in [1.54, 1.807) is 44.2 Å². The first kappa shape index (κ1) is 18.6. The number of hydrogen-bond acceptors (Lipinski definition) is 6. The van der Waals surface area contributed by atoms with Crippen LogP contribution in [0.4, 0.5) is 0 Å². The van der Waals surface area contributed by atoms with E-state index in [4.69, 9.17) is 19.2 Å². The molecule has 20 heavy (non-hydrogen) atoms. The van der Waals surface area contributed by atoms with Crippen LogP contribution in [-0.2, 0) is 24.6 Å². The van der Waals surface area contributed by atoms with Crippen LogP contribution in [0.25, 0.3) is 0 Å². The van der Waals surface area contributed by atoms with Crippen LogP contribution in [0.2, 0.25) is 0 Å². The number of rotatable bonds is 6. The molecular weight excluding hydrogens is 295 g/mol. The van der Waals surface area contributed by atoms with E-state index >= 15 is 0 Å². The predicted molar refractivity (Wildman–Crippen MR) is 65.1 cm³/mol. The summed E-state index contributed by atoms with van der Waals surface area (Å²) in [4.78, 5) is 30.8. The van der Waals surface area contributed by atoms with Gasteiger partial charge in [0.2, 0.25) is 0 Å². The van der Waals surface area contributed by atoms with E-state index in [0.717, 1.165) is 0 Å². The van der Waals surface area contributed by atoms with Gasteiger partial charge in [0.1, 0.15) is 5.76 Å². The largest absolute Gasteiger partial charge is 0.466 e. The molecule has 0 aliphatic heterocycles. The van der Waals surface area contributed by atoms with Crippen LogP contribution >= 0.6 is 7.82 Å². The fourth-order valence-corrected chi connectivity index (χ4v) is 0.656. The molecule has 1 aromatic rings. The number of hydrogen-bond donors (Lipinski definition) is 3. The molecule has 0 atom stereocenters. The van der Waals surface area contributed by atoms with Gasteiger partial charge in [0.25, 0.3) is 0 Å². The lowest BCUT2D eigenvalue weighted by Crippen LogP contribution is -2.00. The van der Waals surface area contributed by atoms with Crippen LogP contribution < -0.4 is 4.89 Å². The zero-order chi connectivity index (χ0) is 15.4. The highest BCUT2D eigenvalue weighted by atomic mass is 31.2. The van der Waals surface area contributed by atoms with Gasteiger partial charge in [-0.15, -0.1) is 0 Å². The molecule has 9 nitrogen and oxygen atoms in total. The van der Waals surface area contributed by atoms with Gasteiger partial charge in [0.15, 0.2) is 5.75 Å². The molecule has 114 valence electrons. The normalized spacial score (nSPS) is 11.3. The number of allylic oxidation sites excluding steroid dienone is 2. The second-order valence-electron chi connectivity index (χ2n) is 3.10. The molecule has 1 aromatic carbocycles. The first-order chi connectivity index (χ1) is 9.33. The highest BCUT2D eigenvalue weighted by molar-refractivity contribution is 7.45. The summed E-state index contributed by atoms with van der Waals surface area (Å²) >= 11 is 0. The zero-order valence-electron chi connectivity index (χ0n) is 10.7. The molecule has 1 rings (SSSR count). The maximum atomic E-state index is 8.88. The summed E-state index contributed by atoms with van der Waals surface area (Å²) in [5.41, 5.74) is 0. The SMILES string of the molecule is CC=C(C)OOOOOc1ccccc1.O=P(O)(O)O. The quantitative estimate of drug-likeness (QED) is 0.237. The van der Waals surface area contributed by atoms with E-state index in [2.05, 4.69) is 24.9 Å². The average molecular weight is 310 g/mol. The van der Waals surface area contributed by atoms with E-state index in [1.165, 1.54) is 0 Å². The van der Waals surface area contributed by atoms with Crippen LogP contribution in [0.1, 0.15) is 13.8 Å². The Kier molecular flexibility index (Phi) is 9.60. The van der Waals surface area contributed by atoms with Crippen molar-refractivity contribution in [3.05, 3.63) is 42.2 Å². The summed E-state index contributed by atoms with van der Waals surface area (Å²) in [6, 6.07) is 8.82. The van der Waals surface area contributed by atoms with Gasteiger partial charge in [0, 0.05) is 15.1 Å². The molecule has 0 saturated heterocycles. The molecule has 10 heteroatoms. The van der Waals surface area contributed by atoms with Gasteiger partial charge < -0.3 is 24.5 Å². The Morgan fingerprint density at radius 2 is 1.65 bits per heavy atom. The molecule has 0 aromatic heterocycles. The van der Waals surface area contributed by atoms with Crippen molar-refractivity contribution in [2.24, 2.45) is 0 Å². The van der Waals surface area contributed by atoms with Crippen molar-refractivity contribution >= 4 is 7.82 Å². The third kappa shape index (κ3) is 14.6. The van der Waals surface area contributed by atoms with Crippen molar-refractivity contribution in [3.8, 4) is 5.75 Å². The van der Waals surface area contributed by atoms with Gasteiger partial charge in [-0.3, -0.25) is 0 Å². The van der Waals surface area contributed by atoms with E-state index < -0.39 is 7.82 Å². The van der Waals surface area contributed by atoms with Crippen LogP contribution in [0.3, 0.4) is 0 Å². The Bertz CT molecular complexity index is 419. The maximum Gasteiger partial charge on any atom is 0.466 e. The fourth-order valence-electron chi connectivity index (χ4n) is 0.656. The van der Waals surface area contributed by atoms with Crippen molar-refractivity contribution in [1.29, 1.82) is 0 Å². The molecule has 0 fully saturated rings. The second-order valence-corrected chi connectivity index (χ2v) is 4.12. The lowest BCUT2D eigenvalue weighted by Gasteiger charge is -2.02. The summed E-state index contributed by atoms with van der Waals surface area (Å²) in [6.45, 7) is 3.49. The van der Waals surface area contributed by atoms with Crippen molar-refractivity contribution in [1.82, 2.24) is 0 Å². The molecule has 0 unspecified atom stereocenters. The summed E-state index contributed by atoms with van der Waals surface area (Å²) < 4.78 is 8.88. The minimum Gasteiger partial charge on any atom is -0.311 e. The molecule has 3 N–H and O–H groups in total. The molecular formula is C10H15O9P. The molecule has 0 amide bonds. The minimum absolute atomic E-state index is 0.490. The molecule has 0 heterocycles. The Hall–Kier alpha value is -1.45. The van der Waals surface area contributed by atoms with Crippen molar-refractivity contribution in [2.75, 3.05) is 0 Å². The third-order valence-electron chi connectivity index (χ3n) is 1.50. The second kappa shape index (κ2) is 10.4. The summed E-state index contributed by atoms with van der Waals surface area (Å²) in [5, 5.41) is 12.6. The van der Waals surface area contributed by atoms with E-state index in [0.29, 0.717) is 11.5 Å². The van der Waals surface area contributed by atoms with Crippen molar-refractivity contribution < 1.29 is 44.1 Å². The van der Waals surface area contributed by atoms with Crippen LogP contribution in [-0.4, -0.2) is 14.7 Å². The maximum absolute atomic E-state index is 8.88. The van der Waals surface area contributed by atoms with E-state index in [-0.39, 0.29) is 0 Å². The molecule has 0 aliphatic rings. The Morgan fingerprint density at radius 3 is 2.15 bits per heavy atom. The molecule has 0 bridgehead atoms. The summed E-state index contributed by atoms with van der Waals surface area (Å²) in [5.74, 6) is 1.03. The van der Waals surface area contributed by atoms with E-state index in [9.17, 15) is 0 Å². The monoisotopic (exact) mass is 310 g/mol. The van der Waals surface area contributed by atoms with E-state index in [1.807, 2.05) is 6.07 Å². The summed E-state index contributed by atoms with van der Waals surface area (Å²) in [6.07, 6.45) is 1.70. The van der Waals surface area contributed by atoms with Gasteiger partial charge in [-0.1, -0.05) is 18.2 Å². The van der Waals surface area contributed by atoms with Crippen LogP contribution in [0.15, 0.2) is 42.2 Å². The molecule has 0 radical (unpaired) electrons. The zero-order valence-corrected chi connectivity index (χ0v) is 11.6. The van der Waals surface area contributed by atoms with Crippen LogP contribution in [0, 0.1) is 0 Å². The number of para-hydroxylation sites is 1. The topological polar surface area (TPSA) is 124 Å². The Morgan fingerprint density at radius 1 is 1.10 bits per heavy atom. The lowest BCUT2D eigenvalue weighted by atomic mass is 10.3. The molecule has 0 saturated carbocycles. The fraction of sp³-hybridized carbons (Fsp3) is 0.200. The number of phosphoric acid groups is 1. The Labute approximate surface area is 114 Å². The van der Waals surface area contributed by atoms with Gasteiger partial charge in [0.05, 0.1) is 0 Å².